The number of nitriles is 1. The minimum atomic E-state index is -0.0303. The van der Waals surface area contributed by atoms with Crippen molar-refractivity contribution in [2.24, 2.45) is 0 Å². The molecule has 0 radical (unpaired) electrons. The Morgan fingerprint density at radius 1 is 1.21 bits per heavy atom. The van der Waals surface area contributed by atoms with E-state index in [-0.39, 0.29) is 17.2 Å². The summed E-state index contributed by atoms with van der Waals surface area (Å²) < 4.78 is 0. The van der Waals surface area contributed by atoms with Gasteiger partial charge in [-0.1, -0.05) is 26.0 Å². The van der Waals surface area contributed by atoms with Crippen molar-refractivity contribution in [3.8, 4) is 28.8 Å². The Bertz CT molecular complexity index is 1180. The van der Waals surface area contributed by atoms with Gasteiger partial charge in [0.15, 0.2) is 5.82 Å². The Labute approximate surface area is 169 Å². The molecule has 5 rings (SSSR count). The topological polar surface area (TPSA) is 94.5 Å². The number of carbonyl (C=O) groups excluding carboxylic acids is 1. The van der Waals surface area contributed by atoms with E-state index in [1.165, 1.54) is 0 Å². The summed E-state index contributed by atoms with van der Waals surface area (Å²) in [6.07, 6.45) is 3.90. The fraction of sp³-hybridized carbons (Fsp3) is 0.304. The highest BCUT2D eigenvalue weighted by molar-refractivity contribution is 5.98. The number of rotatable bonds is 3. The van der Waals surface area contributed by atoms with E-state index < -0.39 is 0 Å². The first kappa shape index (κ1) is 17.6. The molecule has 2 N–H and O–H groups in total. The minimum absolute atomic E-state index is 0.0303. The second-order valence-electron chi connectivity index (χ2n) is 8.27. The van der Waals surface area contributed by atoms with Gasteiger partial charge < -0.3 is 10.3 Å². The van der Waals surface area contributed by atoms with Crippen LogP contribution in [-0.4, -0.2) is 27.4 Å². The molecule has 0 atom stereocenters. The van der Waals surface area contributed by atoms with Crippen LogP contribution in [0.15, 0.2) is 36.5 Å². The fourth-order valence-corrected chi connectivity index (χ4v) is 4.14. The summed E-state index contributed by atoms with van der Waals surface area (Å²) in [5, 5.41) is 12.5. The predicted molar refractivity (Wildman–Crippen MR) is 109 cm³/mol. The van der Waals surface area contributed by atoms with Crippen LogP contribution < -0.4 is 5.32 Å². The van der Waals surface area contributed by atoms with Gasteiger partial charge in [0, 0.05) is 29.4 Å². The van der Waals surface area contributed by atoms with Crippen molar-refractivity contribution in [3.05, 3.63) is 58.9 Å². The summed E-state index contributed by atoms with van der Waals surface area (Å²) in [6.45, 7) is 4.85. The van der Waals surface area contributed by atoms with Crippen molar-refractivity contribution in [2.75, 3.05) is 6.54 Å². The molecule has 0 unspecified atom stereocenters. The lowest BCUT2D eigenvalue weighted by Gasteiger charge is -2.21. The van der Waals surface area contributed by atoms with Crippen molar-refractivity contribution >= 4 is 5.91 Å². The van der Waals surface area contributed by atoms with Gasteiger partial charge in [0.1, 0.15) is 0 Å². The normalized spacial score (nSPS) is 16.4. The Balaban J connectivity index is 1.55. The Morgan fingerprint density at radius 2 is 2.03 bits per heavy atom. The summed E-state index contributed by atoms with van der Waals surface area (Å²) >= 11 is 0. The number of H-pyrrole nitrogens is 1. The molecule has 3 aromatic rings. The van der Waals surface area contributed by atoms with Gasteiger partial charge in [-0.05, 0) is 42.5 Å². The van der Waals surface area contributed by atoms with E-state index in [1.54, 1.807) is 6.20 Å². The number of nitrogens with zero attached hydrogens (tertiary/aromatic N) is 3. The van der Waals surface area contributed by atoms with Crippen molar-refractivity contribution in [3.63, 3.8) is 0 Å². The first-order valence-electron chi connectivity index (χ1n) is 9.90. The molecule has 1 saturated carbocycles. The van der Waals surface area contributed by atoms with Crippen molar-refractivity contribution in [2.45, 2.75) is 38.0 Å². The average Bonchev–Trinajstić information content (AvgIpc) is 3.37. The molecule has 144 valence electrons. The third-order valence-electron chi connectivity index (χ3n) is 6.02. The summed E-state index contributed by atoms with van der Waals surface area (Å²) in [6, 6.07) is 11.8. The maximum Gasteiger partial charge on any atom is 0.253 e. The zero-order chi connectivity index (χ0) is 20.2. The van der Waals surface area contributed by atoms with Crippen LogP contribution in [0.1, 0.15) is 59.8 Å². The first-order valence-corrected chi connectivity index (χ1v) is 9.90. The summed E-state index contributed by atoms with van der Waals surface area (Å²) in [4.78, 5) is 24.9. The summed E-state index contributed by atoms with van der Waals surface area (Å²) in [5.74, 6) is 0.807. The molecule has 2 aromatic heterocycles. The van der Waals surface area contributed by atoms with E-state index >= 15 is 0 Å². The molecule has 1 aromatic carbocycles. The number of fused-ring (bicyclic) bond motifs is 2. The van der Waals surface area contributed by atoms with Crippen LogP contribution in [0.3, 0.4) is 0 Å². The van der Waals surface area contributed by atoms with Gasteiger partial charge in [0.25, 0.3) is 5.91 Å². The second-order valence-corrected chi connectivity index (χ2v) is 8.27. The second kappa shape index (κ2) is 6.28. The smallest absolute Gasteiger partial charge is 0.253 e. The monoisotopic (exact) mass is 383 g/mol. The SMILES string of the molecule is CC(C)c1ccc(-c2nccc(-c3cc4c([nH]3)C3(CC3)CNC4=O)n2)cc1C#N. The van der Waals surface area contributed by atoms with E-state index in [1.807, 2.05) is 30.3 Å². The molecule has 1 amide bonds. The zero-order valence-corrected chi connectivity index (χ0v) is 16.4. The molecule has 0 saturated heterocycles. The first-order chi connectivity index (χ1) is 14.0. The van der Waals surface area contributed by atoms with Crippen LogP contribution in [-0.2, 0) is 5.41 Å². The fourth-order valence-electron chi connectivity index (χ4n) is 4.14. The molecule has 3 heterocycles. The van der Waals surface area contributed by atoms with E-state index in [0.717, 1.165) is 46.6 Å². The van der Waals surface area contributed by atoms with Gasteiger partial charge in [-0.25, -0.2) is 9.97 Å². The number of aromatic nitrogens is 3. The molecule has 1 spiro atoms. The third kappa shape index (κ3) is 2.82. The molecule has 6 heteroatoms. The lowest BCUT2D eigenvalue weighted by molar-refractivity contribution is 0.0937. The van der Waals surface area contributed by atoms with Crippen molar-refractivity contribution in [1.29, 1.82) is 5.26 Å². The lowest BCUT2D eigenvalue weighted by atomic mass is 9.95. The Morgan fingerprint density at radius 3 is 2.76 bits per heavy atom. The number of hydrogen-bond acceptors (Lipinski definition) is 4. The molecule has 2 aliphatic rings. The summed E-state index contributed by atoms with van der Waals surface area (Å²) in [5.41, 5.74) is 5.85. The van der Waals surface area contributed by atoms with Gasteiger partial charge >= 0.3 is 0 Å². The average molecular weight is 383 g/mol. The quantitative estimate of drug-likeness (QED) is 0.717. The van der Waals surface area contributed by atoms with Gasteiger partial charge in [-0.2, -0.15) is 5.26 Å². The zero-order valence-electron chi connectivity index (χ0n) is 16.4. The van der Waals surface area contributed by atoms with Crippen molar-refractivity contribution in [1.82, 2.24) is 20.3 Å². The van der Waals surface area contributed by atoms with E-state index in [4.69, 9.17) is 4.98 Å². The molecule has 29 heavy (non-hydrogen) atoms. The maximum atomic E-state index is 12.3. The Hall–Kier alpha value is -3.46. The number of aromatic amines is 1. The van der Waals surface area contributed by atoms with E-state index in [2.05, 4.69) is 35.2 Å². The van der Waals surface area contributed by atoms with E-state index in [9.17, 15) is 10.1 Å². The number of amides is 1. The highest BCUT2D eigenvalue weighted by Crippen LogP contribution is 2.50. The number of benzene rings is 1. The highest BCUT2D eigenvalue weighted by atomic mass is 16.1. The number of hydrogen-bond donors (Lipinski definition) is 2. The highest BCUT2D eigenvalue weighted by Gasteiger charge is 2.50. The third-order valence-corrected chi connectivity index (χ3v) is 6.02. The van der Waals surface area contributed by atoms with Crippen LogP contribution in [0.25, 0.3) is 22.8 Å². The largest absolute Gasteiger partial charge is 0.356 e. The standard InChI is InChI=1S/C23H21N5O/c1-13(2)16-4-3-14(9-15(16)11-24)21-25-8-5-18(28-21)19-10-17-20(27-19)23(6-7-23)12-26-22(17)29/h3-5,8-10,13,27H,6-7,12H2,1-2H3,(H,26,29). The minimum Gasteiger partial charge on any atom is -0.356 e. The molecule has 6 nitrogen and oxygen atoms in total. The molecule has 1 fully saturated rings. The van der Waals surface area contributed by atoms with Gasteiger partial charge in [0.2, 0.25) is 0 Å². The molecule has 1 aliphatic heterocycles. The van der Waals surface area contributed by atoms with Crippen LogP contribution in [0.2, 0.25) is 0 Å². The number of nitrogens with one attached hydrogen (secondary N) is 2. The number of carbonyl (C=O) groups is 1. The van der Waals surface area contributed by atoms with Gasteiger partial charge in [-0.3, -0.25) is 4.79 Å². The van der Waals surface area contributed by atoms with Crippen LogP contribution in [0.5, 0.6) is 0 Å². The predicted octanol–water partition coefficient (Wildman–Crippen LogP) is 3.91. The van der Waals surface area contributed by atoms with Gasteiger partial charge in [-0.15, -0.1) is 0 Å². The molecule has 0 bridgehead atoms. The van der Waals surface area contributed by atoms with Crippen LogP contribution >= 0.6 is 0 Å². The maximum absolute atomic E-state index is 12.3. The molecular formula is C23H21N5O. The summed E-state index contributed by atoms with van der Waals surface area (Å²) in [7, 11) is 0. The van der Waals surface area contributed by atoms with Crippen LogP contribution in [0.4, 0.5) is 0 Å². The van der Waals surface area contributed by atoms with Gasteiger partial charge in [0.05, 0.1) is 28.6 Å². The van der Waals surface area contributed by atoms with E-state index in [0.29, 0.717) is 17.9 Å². The lowest BCUT2D eigenvalue weighted by Crippen LogP contribution is -2.38. The molecule has 1 aliphatic carbocycles. The van der Waals surface area contributed by atoms with Crippen molar-refractivity contribution < 1.29 is 4.79 Å². The van der Waals surface area contributed by atoms with Crippen LogP contribution in [0, 0.1) is 11.3 Å². The molecular weight excluding hydrogens is 362 g/mol. The Kier molecular flexibility index (Phi) is 3.82.